The summed E-state index contributed by atoms with van der Waals surface area (Å²) in [5, 5.41) is 12.9. The van der Waals surface area contributed by atoms with Gasteiger partial charge in [0.25, 0.3) is 0 Å². The first-order chi connectivity index (χ1) is 15.3. The van der Waals surface area contributed by atoms with Crippen molar-refractivity contribution >= 4 is 11.7 Å². The van der Waals surface area contributed by atoms with Crippen molar-refractivity contribution in [3.05, 3.63) is 82.9 Å². The average molecular weight is 434 g/mol. The molecule has 1 atom stereocenters. The van der Waals surface area contributed by atoms with Crippen LogP contribution in [0.5, 0.6) is 17.2 Å². The molecule has 0 aliphatic heterocycles. The standard InChI is InChI=1S/C27H31NO4/c1-17(2)23-16-22(11-12-25(23)31-5)32-26-18(3)13-21(14-19(26)4)28-24(27(29)30)15-20-9-7-6-8-10-20/h6-14,16-17,24,28H,15H2,1-5H3,(H,29,30). The predicted octanol–water partition coefficient (Wildman–Crippen LogP) is 6.34. The molecule has 3 aromatic carbocycles. The number of anilines is 1. The summed E-state index contributed by atoms with van der Waals surface area (Å²) in [6, 6.07) is 18.6. The molecule has 0 fully saturated rings. The lowest BCUT2D eigenvalue weighted by Gasteiger charge is -2.19. The van der Waals surface area contributed by atoms with Gasteiger partial charge in [0, 0.05) is 17.7 Å². The van der Waals surface area contributed by atoms with Gasteiger partial charge in [0.2, 0.25) is 0 Å². The summed E-state index contributed by atoms with van der Waals surface area (Å²) >= 11 is 0. The second-order valence-electron chi connectivity index (χ2n) is 8.32. The fourth-order valence-electron chi connectivity index (χ4n) is 3.79. The molecule has 0 saturated heterocycles. The molecule has 0 aliphatic carbocycles. The van der Waals surface area contributed by atoms with Gasteiger partial charge in [0.1, 0.15) is 23.3 Å². The molecule has 0 heterocycles. The second-order valence-corrected chi connectivity index (χ2v) is 8.32. The maximum Gasteiger partial charge on any atom is 0.326 e. The van der Waals surface area contributed by atoms with Crippen molar-refractivity contribution in [2.45, 2.75) is 46.1 Å². The predicted molar refractivity (Wildman–Crippen MR) is 128 cm³/mol. The van der Waals surface area contributed by atoms with E-state index in [0.717, 1.165) is 45.2 Å². The first-order valence-corrected chi connectivity index (χ1v) is 10.8. The van der Waals surface area contributed by atoms with E-state index >= 15 is 0 Å². The van der Waals surface area contributed by atoms with Gasteiger partial charge >= 0.3 is 5.97 Å². The molecule has 168 valence electrons. The normalized spacial score (nSPS) is 11.8. The number of rotatable bonds is 9. The van der Waals surface area contributed by atoms with Gasteiger partial charge < -0.3 is 19.9 Å². The number of ether oxygens (including phenoxy) is 2. The van der Waals surface area contributed by atoms with Gasteiger partial charge in [-0.1, -0.05) is 44.2 Å². The molecular weight excluding hydrogens is 402 g/mol. The Morgan fingerprint density at radius 3 is 2.22 bits per heavy atom. The molecular formula is C27H31NO4. The van der Waals surface area contributed by atoms with Crippen LogP contribution in [-0.4, -0.2) is 24.2 Å². The molecule has 0 spiro atoms. The third kappa shape index (κ3) is 5.61. The zero-order valence-corrected chi connectivity index (χ0v) is 19.3. The minimum atomic E-state index is -0.885. The van der Waals surface area contributed by atoms with Crippen molar-refractivity contribution in [2.24, 2.45) is 0 Å². The van der Waals surface area contributed by atoms with Gasteiger partial charge in [0.05, 0.1) is 7.11 Å². The Hall–Kier alpha value is -3.47. The average Bonchev–Trinajstić information content (AvgIpc) is 2.76. The van der Waals surface area contributed by atoms with E-state index in [2.05, 4.69) is 19.2 Å². The van der Waals surface area contributed by atoms with Gasteiger partial charge in [0.15, 0.2) is 0 Å². The Labute approximate surface area is 190 Å². The van der Waals surface area contributed by atoms with Gasteiger partial charge in [-0.15, -0.1) is 0 Å². The minimum Gasteiger partial charge on any atom is -0.496 e. The Bertz CT molecular complexity index is 1050. The lowest BCUT2D eigenvalue weighted by molar-refractivity contribution is -0.137. The molecule has 0 radical (unpaired) electrons. The van der Waals surface area contributed by atoms with E-state index in [4.69, 9.17) is 9.47 Å². The van der Waals surface area contributed by atoms with Gasteiger partial charge in [-0.3, -0.25) is 0 Å². The maximum atomic E-state index is 11.8. The van der Waals surface area contributed by atoms with E-state index in [1.165, 1.54) is 0 Å². The van der Waals surface area contributed by atoms with Gasteiger partial charge in [-0.25, -0.2) is 4.79 Å². The number of aryl methyl sites for hydroxylation is 2. The molecule has 32 heavy (non-hydrogen) atoms. The molecule has 5 nitrogen and oxygen atoms in total. The number of carboxylic acid groups (broad SMARTS) is 1. The molecule has 0 bridgehead atoms. The van der Waals surface area contributed by atoms with Crippen molar-refractivity contribution in [3.63, 3.8) is 0 Å². The molecule has 3 rings (SSSR count). The number of nitrogens with one attached hydrogen (secondary N) is 1. The van der Waals surface area contributed by atoms with Crippen molar-refractivity contribution in [3.8, 4) is 17.2 Å². The quantitative estimate of drug-likeness (QED) is 0.412. The first kappa shape index (κ1) is 23.2. The Kier molecular flexibility index (Phi) is 7.41. The third-order valence-electron chi connectivity index (χ3n) is 5.43. The zero-order valence-electron chi connectivity index (χ0n) is 19.3. The molecule has 2 N–H and O–H groups in total. The van der Waals surface area contributed by atoms with Crippen molar-refractivity contribution < 1.29 is 19.4 Å². The molecule has 1 unspecified atom stereocenters. The summed E-state index contributed by atoms with van der Waals surface area (Å²) in [5.74, 6) is 1.78. The minimum absolute atomic E-state index is 0.305. The Morgan fingerprint density at radius 1 is 1.00 bits per heavy atom. The van der Waals surface area contributed by atoms with E-state index in [0.29, 0.717) is 12.3 Å². The van der Waals surface area contributed by atoms with Crippen LogP contribution in [-0.2, 0) is 11.2 Å². The number of aliphatic carboxylic acids is 1. The van der Waals surface area contributed by atoms with E-state index in [1.807, 2.05) is 74.5 Å². The molecule has 3 aromatic rings. The zero-order chi connectivity index (χ0) is 23.3. The number of hydrogen-bond acceptors (Lipinski definition) is 4. The SMILES string of the molecule is COc1ccc(Oc2c(C)cc(NC(Cc3ccccc3)C(=O)O)cc2C)cc1C(C)C. The molecule has 0 aliphatic rings. The van der Waals surface area contributed by atoms with E-state index < -0.39 is 12.0 Å². The number of hydrogen-bond donors (Lipinski definition) is 2. The highest BCUT2D eigenvalue weighted by Crippen LogP contribution is 2.35. The van der Waals surface area contributed by atoms with Gasteiger partial charge in [-0.2, -0.15) is 0 Å². The summed E-state index contributed by atoms with van der Waals surface area (Å²) in [6.45, 7) is 8.17. The van der Waals surface area contributed by atoms with Crippen LogP contribution in [0.15, 0.2) is 60.7 Å². The largest absolute Gasteiger partial charge is 0.496 e. The topological polar surface area (TPSA) is 67.8 Å². The van der Waals surface area contributed by atoms with E-state index in [9.17, 15) is 9.90 Å². The van der Waals surface area contributed by atoms with Crippen LogP contribution in [0, 0.1) is 13.8 Å². The third-order valence-corrected chi connectivity index (χ3v) is 5.43. The number of carboxylic acids is 1. The smallest absolute Gasteiger partial charge is 0.326 e. The lowest BCUT2D eigenvalue weighted by atomic mass is 10.0. The van der Waals surface area contributed by atoms with Gasteiger partial charge in [-0.05, 0) is 66.8 Å². The fraction of sp³-hybridized carbons (Fsp3) is 0.296. The first-order valence-electron chi connectivity index (χ1n) is 10.8. The summed E-state index contributed by atoms with van der Waals surface area (Å²) in [5.41, 5.74) is 4.68. The van der Waals surface area contributed by atoms with Crippen LogP contribution in [0.1, 0.15) is 42.0 Å². The molecule has 0 aromatic heterocycles. The Balaban J connectivity index is 1.81. The highest BCUT2D eigenvalue weighted by Gasteiger charge is 2.19. The number of carbonyl (C=O) groups is 1. The van der Waals surface area contributed by atoms with Crippen LogP contribution in [0.2, 0.25) is 0 Å². The van der Waals surface area contributed by atoms with Crippen molar-refractivity contribution in [1.82, 2.24) is 0 Å². The van der Waals surface area contributed by atoms with Crippen LogP contribution in [0.4, 0.5) is 5.69 Å². The Morgan fingerprint density at radius 2 is 1.66 bits per heavy atom. The molecule has 0 saturated carbocycles. The monoisotopic (exact) mass is 433 g/mol. The second kappa shape index (κ2) is 10.2. The van der Waals surface area contributed by atoms with E-state index in [1.54, 1.807) is 7.11 Å². The number of methoxy groups -OCH3 is 1. The summed E-state index contributed by atoms with van der Waals surface area (Å²) in [7, 11) is 1.67. The van der Waals surface area contributed by atoms with Crippen molar-refractivity contribution in [2.75, 3.05) is 12.4 Å². The lowest BCUT2D eigenvalue weighted by Crippen LogP contribution is -2.31. The fourth-order valence-corrected chi connectivity index (χ4v) is 3.79. The molecule has 0 amide bonds. The summed E-state index contributed by atoms with van der Waals surface area (Å²) in [4.78, 5) is 11.8. The number of benzene rings is 3. The highest BCUT2D eigenvalue weighted by atomic mass is 16.5. The summed E-state index contributed by atoms with van der Waals surface area (Å²) in [6.07, 6.45) is 0.399. The highest BCUT2D eigenvalue weighted by molar-refractivity contribution is 5.78. The van der Waals surface area contributed by atoms with Crippen LogP contribution < -0.4 is 14.8 Å². The van der Waals surface area contributed by atoms with Crippen LogP contribution in [0.25, 0.3) is 0 Å². The van der Waals surface area contributed by atoms with Crippen LogP contribution in [0.3, 0.4) is 0 Å². The molecule has 5 heteroatoms. The van der Waals surface area contributed by atoms with Crippen LogP contribution >= 0.6 is 0 Å². The maximum absolute atomic E-state index is 11.8. The van der Waals surface area contributed by atoms with Crippen molar-refractivity contribution in [1.29, 1.82) is 0 Å². The van der Waals surface area contributed by atoms with E-state index in [-0.39, 0.29) is 0 Å². The summed E-state index contributed by atoms with van der Waals surface area (Å²) < 4.78 is 11.7.